The number of carbonyl (C=O) groups excluding carboxylic acids is 1. The maximum Gasteiger partial charge on any atom is 0.259 e. The SMILES string of the molecule is CCCCCc1nnc(NC(=O)CCc2nc3sc4c(c3c(=O)[nH]2)CCC4)s1. The van der Waals surface area contributed by atoms with Gasteiger partial charge in [-0.1, -0.05) is 31.1 Å². The van der Waals surface area contributed by atoms with E-state index >= 15 is 0 Å². The average Bonchev–Trinajstić information content (AvgIpc) is 3.36. The molecule has 148 valence electrons. The van der Waals surface area contributed by atoms with Gasteiger partial charge in [-0.05, 0) is 31.2 Å². The largest absolute Gasteiger partial charge is 0.310 e. The Hall–Kier alpha value is -2.13. The highest BCUT2D eigenvalue weighted by Gasteiger charge is 2.21. The van der Waals surface area contributed by atoms with Gasteiger partial charge in [0.1, 0.15) is 15.7 Å². The molecule has 1 amide bonds. The van der Waals surface area contributed by atoms with Gasteiger partial charge < -0.3 is 10.3 Å². The van der Waals surface area contributed by atoms with Gasteiger partial charge in [0.15, 0.2) is 0 Å². The number of aryl methyl sites for hydroxylation is 4. The maximum atomic E-state index is 12.5. The number of aromatic nitrogens is 4. The number of nitrogens with one attached hydrogen (secondary N) is 2. The monoisotopic (exact) mass is 417 g/mol. The first-order valence-corrected chi connectivity index (χ1v) is 11.4. The van der Waals surface area contributed by atoms with E-state index in [4.69, 9.17) is 0 Å². The second-order valence-electron chi connectivity index (χ2n) is 7.06. The Bertz CT molecular complexity index is 1050. The Kier molecular flexibility index (Phi) is 5.82. The van der Waals surface area contributed by atoms with Gasteiger partial charge in [-0.3, -0.25) is 9.59 Å². The number of anilines is 1. The van der Waals surface area contributed by atoms with Gasteiger partial charge in [0.25, 0.3) is 5.56 Å². The highest BCUT2D eigenvalue weighted by atomic mass is 32.1. The van der Waals surface area contributed by atoms with Crippen LogP contribution < -0.4 is 10.9 Å². The van der Waals surface area contributed by atoms with Crippen molar-refractivity contribution in [2.24, 2.45) is 0 Å². The van der Waals surface area contributed by atoms with Crippen LogP contribution in [0.15, 0.2) is 4.79 Å². The van der Waals surface area contributed by atoms with Crippen LogP contribution >= 0.6 is 22.7 Å². The average molecular weight is 418 g/mol. The third-order valence-corrected chi connectivity index (χ3v) is 7.00. The van der Waals surface area contributed by atoms with E-state index in [-0.39, 0.29) is 17.9 Å². The molecule has 0 aromatic carbocycles. The number of carbonyl (C=O) groups is 1. The number of aromatic amines is 1. The molecule has 7 nitrogen and oxygen atoms in total. The fourth-order valence-corrected chi connectivity index (χ4v) is 5.59. The molecule has 1 aliphatic rings. The molecule has 4 rings (SSSR count). The molecule has 0 bridgehead atoms. The second-order valence-corrected chi connectivity index (χ2v) is 9.20. The van der Waals surface area contributed by atoms with Crippen molar-refractivity contribution in [1.82, 2.24) is 20.2 Å². The number of hydrogen-bond acceptors (Lipinski definition) is 7. The third kappa shape index (κ3) is 4.15. The molecule has 28 heavy (non-hydrogen) atoms. The summed E-state index contributed by atoms with van der Waals surface area (Å²) < 4.78 is 0. The van der Waals surface area contributed by atoms with Gasteiger partial charge in [-0.2, -0.15) is 0 Å². The van der Waals surface area contributed by atoms with E-state index in [9.17, 15) is 9.59 Å². The fourth-order valence-electron chi connectivity index (χ4n) is 3.51. The molecule has 1 aliphatic carbocycles. The smallest absolute Gasteiger partial charge is 0.259 e. The highest BCUT2D eigenvalue weighted by molar-refractivity contribution is 7.18. The molecule has 0 saturated carbocycles. The van der Waals surface area contributed by atoms with Crippen LogP contribution in [-0.4, -0.2) is 26.1 Å². The number of hydrogen-bond donors (Lipinski definition) is 2. The van der Waals surface area contributed by atoms with E-state index in [0.29, 0.717) is 17.4 Å². The van der Waals surface area contributed by atoms with Crippen LogP contribution in [0.4, 0.5) is 5.13 Å². The Balaban J connectivity index is 1.35. The minimum Gasteiger partial charge on any atom is -0.310 e. The zero-order valence-electron chi connectivity index (χ0n) is 15.8. The van der Waals surface area contributed by atoms with E-state index in [0.717, 1.165) is 47.3 Å². The Labute approximate surface area is 170 Å². The van der Waals surface area contributed by atoms with Crippen molar-refractivity contribution >= 4 is 43.9 Å². The van der Waals surface area contributed by atoms with E-state index in [1.165, 1.54) is 34.6 Å². The zero-order chi connectivity index (χ0) is 19.5. The summed E-state index contributed by atoms with van der Waals surface area (Å²) in [5.41, 5.74) is 1.09. The van der Waals surface area contributed by atoms with Crippen molar-refractivity contribution in [1.29, 1.82) is 0 Å². The van der Waals surface area contributed by atoms with Crippen LogP contribution in [0.25, 0.3) is 10.2 Å². The summed E-state index contributed by atoms with van der Waals surface area (Å²) in [5.74, 6) is 0.415. The minimum atomic E-state index is -0.146. The standard InChI is InChI=1S/C19H23N5O2S2/c1-2-3-4-8-15-23-24-19(28-15)22-14(25)10-9-13-20-17(26)16-11-6-5-7-12(11)27-18(16)21-13/h2-10H2,1H3,(H,20,21,26)(H,22,24,25). The van der Waals surface area contributed by atoms with Gasteiger partial charge in [-0.15, -0.1) is 21.5 Å². The molecule has 0 atom stereocenters. The molecule has 0 saturated heterocycles. The Morgan fingerprint density at radius 2 is 2.07 bits per heavy atom. The lowest BCUT2D eigenvalue weighted by atomic mass is 10.2. The summed E-state index contributed by atoms with van der Waals surface area (Å²) >= 11 is 3.04. The molecule has 2 N–H and O–H groups in total. The predicted molar refractivity (Wildman–Crippen MR) is 112 cm³/mol. The molecular weight excluding hydrogens is 394 g/mol. The van der Waals surface area contributed by atoms with Crippen LogP contribution in [0.5, 0.6) is 0 Å². The van der Waals surface area contributed by atoms with Crippen molar-refractivity contribution in [2.45, 2.75) is 64.7 Å². The van der Waals surface area contributed by atoms with Crippen LogP contribution in [-0.2, 0) is 30.5 Å². The molecule has 9 heteroatoms. The zero-order valence-corrected chi connectivity index (χ0v) is 17.5. The molecule has 0 aliphatic heterocycles. The number of fused-ring (bicyclic) bond motifs is 3. The molecule has 3 aromatic heterocycles. The van der Waals surface area contributed by atoms with Crippen molar-refractivity contribution in [3.63, 3.8) is 0 Å². The minimum absolute atomic E-state index is 0.0827. The topological polar surface area (TPSA) is 101 Å². The fraction of sp³-hybridized carbons (Fsp3) is 0.526. The van der Waals surface area contributed by atoms with Crippen molar-refractivity contribution in [3.05, 3.63) is 31.6 Å². The van der Waals surface area contributed by atoms with E-state index in [1.807, 2.05) is 0 Å². The summed E-state index contributed by atoms with van der Waals surface area (Å²) in [6.45, 7) is 2.16. The Morgan fingerprint density at radius 1 is 1.18 bits per heavy atom. The lowest BCUT2D eigenvalue weighted by Gasteiger charge is -2.02. The first kappa shape index (κ1) is 19.2. The number of H-pyrrole nitrogens is 1. The highest BCUT2D eigenvalue weighted by Crippen LogP contribution is 2.34. The molecule has 3 aromatic rings. The van der Waals surface area contributed by atoms with Gasteiger partial charge >= 0.3 is 0 Å². The summed E-state index contributed by atoms with van der Waals surface area (Å²) in [7, 11) is 0. The number of nitrogens with zero attached hydrogens (tertiary/aromatic N) is 3. The van der Waals surface area contributed by atoms with Crippen molar-refractivity contribution in [3.8, 4) is 0 Å². The molecule has 3 heterocycles. The van der Waals surface area contributed by atoms with Crippen molar-refractivity contribution < 1.29 is 4.79 Å². The van der Waals surface area contributed by atoms with Crippen LogP contribution in [0, 0.1) is 0 Å². The number of unbranched alkanes of at least 4 members (excludes halogenated alkanes) is 2. The summed E-state index contributed by atoms with van der Waals surface area (Å²) in [4.78, 5) is 34.2. The predicted octanol–water partition coefficient (Wildman–Crippen LogP) is 3.63. The van der Waals surface area contributed by atoms with E-state index in [2.05, 4.69) is 32.4 Å². The van der Waals surface area contributed by atoms with Crippen LogP contribution in [0.3, 0.4) is 0 Å². The summed E-state index contributed by atoms with van der Waals surface area (Å²) in [6.07, 6.45) is 8.07. The number of amides is 1. The van der Waals surface area contributed by atoms with E-state index in [1.54, 1.807) is 11.3 Å². The third-order valence-electron chi connectivity index (χ3n) is 4.92. The van der Waals surface area contributed by atoms with Gasteiger partial charge in [0.2, 0.25) is 11.0 Å². The lowest BCUT2D eigenvalue weighted by molar-refractivity contribution is -0.116. The number of thiophene rings is 1. The quantitative estimate of drug-likeness (QED) is 0.545. The van der Waals surface area contributed by atoms with Crippen molar-refractivity contribution in [2.75, 3.05) is 5.32 Å². The summed E-state index contributed by atoms with van der Waals surface area (Å²) in [5, 5.41) is 13.2. The first-order valence-electron chi connectivity index (χ1n) is 9.79. The van der Waals surface area contributed by atoms with Gasteiger partial charge in [0.05, 0.1) is 5.39 Å². The molecular formula is C19H23N5O2S2. The number of rotatable bonds is 8. The van der Waals surface area contributed by atoms with Crippen LogP contribution in [0.1, 0.15) is 60.3 Å². The van der Waals surface area contributed by atoms with E-state index < -0.39 is 0 Å². The molecule has 0 unspecified atom stereocenters. The van der Waals surface area contributed by atoms with Crippen LogP contribution in [0.2, 0.25) is 0 Å². The molecule has 0 spiro atoms. The van der Waals surface area contributed by atoms with Gasteiger partial charge in [-0.25, -0.2) is 4.98 Å². The molecule has 0 radical (unpaired) electrons. The summed E-state index contributed by atoms with van der Waals surface area (Å²) in [6, 6.07) is 0. The lowest BCUT2D eigenvalue weighted by Crippen LogP contribution is -2.16. The molecule has 0 fully saturated rings. The first-order chi connectivity index (χ1) is 13.6. The Morgan fingerprint density at radius 3 is 2.93 bits per heavy atom. The second kappa shape index (κ2) is 8.48. The normalized spacial score (nSPS) is 13.2. The maximum absolute atomic E-state index is 12.5. The van der Waals surface area contributed by atoms with Gasteiger partial charge in [0, 0.05) is 24.1 Å².